The average Bonchev–Trinajstić information content (AvgIpc) is 2.94. The first-order chi connectivity index (χ1) is 17.7. The number of likely N-dealkylation sites (tertiary alicyclic amines) is 1. The topological polar surface area (TPSA) is 48.9 Å². The van der Waals surface area contributed by atoms with Gasteiger partial charge in [-0.2, -0.15) is 0 Å². The number of piperazine rings is 1. The largest absolute Gasteiger partial charge is 0.493 e. The molecule has 1 aliphatic carbocycles. The minimum Gasteiger partial charge on any atom is -0.493 e. The van der Waals surface area contributed by atoms with Gasteiger partial charge in [0.25, 0.3) is 0 Å². The third-order valence-corrected chi connectivity index (χ3v) is 8.19. The van der Waals surface area contributed by atoms with E-state index in [-0.39, 0.29) is 5.92 Å². The predicted molar refractivity (Wildman–Crippen MR) is 143 cm³/mol. The predicted octanol–water partition coefficient (Wildman–Crippen LogP) is 4.60. The van der Waals surface area contributed by atoms with Gasteiger partial charge in [0.1, 0.15) is 5.75 Å². The number of rotatable bonds is 8. The van der Waals surface area contributed by atoms with Crippen LogP contribution in [-0.4, -0.2) is 71.5 Å². The van der Waals surface area contributed by atoms with E-state index in [0.717, 1.165) is 83.8 Å². The van der Waals surface area contributed by atoms with Crippen LogP contribution in [0.3, 0.4) is 0 Å². The van der Waals surface area contributed by atoms with Crippen LogP contribution in [0.4, 0.5) is 0 Å². The molecule has 6 nitrogen and oxygen atoms in total. The monoisotopic (exact) mass is 490 g/mol. The van der Waals surface area contributed by atoms with Crippen molar-refractivity contribution in [2.75, 3.05) is 45.9 Å². The molecule has 2 aliphatic heterocycles. The van der Waals surface area contributed by atoms with Gasteiger partial charge in [0.15, 0.2) is 0 Å². The van der Waals surface area contributed by atoms with Crippen molar-refractivity contribution in [3.05, 3.63) is 59.9 Å². The number of hydrogen-bond donors (Lipinski definition) is 0. The summed E-state index contributed by atoms with van der Waals surface area (Å²) in [6.07, 6.45) is 12.0. The van der Waals surface area contributed by atoms with Crippen LogP contribution in [0, 0.1) is 11.8 Å². The van der Waals surface area contributed by atoms with Gasteiger partial charge in [-0.1, -0.05) is 37.5 Å². The highest BCUT2D eigenvalue weighted by Crippen LogP contribution is 2.28. The fraction of sp³-hybridized carbons (Fsp3) is 0.600. The van der Waals surface area contributed by atoms with Crippen LogP contribution in [0.25, 0.3) is 0 Å². The number of aromatic nitrogens is 1. The lowest BCUT2D eigenvalue weighted by atomic mass is 9.87. The Labute approximate surface area is 216 Å². The number of ether oxygens (including phenoxy) is 1. The van der Waals surface area contributed by atoms with Crippen LogP contribution in [0.5, 0.6) is 5.75 Å². The molecule has 0 spiro atoms. The van der Waals surface area contributed by atoms with Crippen LogP contribution in [0.1, 0.15) is 56.1 Å². The van der Waals surface area contributed by atoms with E-state index in [9.17, 15) is 4.79 Å². The van der Waals surface area contributed by atoms with Crippen molar-refractivity contribution in [3.8, 4) is 5.75 Å². The molecule has 3 fully saturated rings. The summed E-state index contributed by atoms with van der Waals surface area (Å²) in [5, 5.41) is 0. The minimum atomic E-state index is 0.273. The fourth-order valence-corrected chi connectivity index (χ4v) is 6.03. The van der Waals surface area contributed by atoms with Gasteiger partial charge in [-0.25, -0.2) is 0 Å². The lowest BCUT2D eigenvalue weighted by molar-refractivity contribution is -0.138. The van der Waals surface area contributed by atoms with Crippen molar-refractivity contribution < 1.29 is 9.53 Å². The van der Waals surface area contributed by atoms with Crippen LogP contribution in [0.15, 0.2) is 48.8 Å². The second-order valence-electron chi connectivity index (χ2n) is 11.0. The van der Waals surface area contributed by atoms with Crippen molar-refractivity contribution in [2.24, 2.45) is 11.8 Å². The van der Waals surface area contributed by atoms with Crippen molar-refractivity contribution in [1.82, 2.24) is 19.7 Å². The molecular formula is C30H42N4O2. The van der Waals surface area contributed by atoms with Crippen LogP contribution in [-0.2, 0) is 17.9 Å². The highest BCUT2D eigenvalue weighted by atomic mass is 16.5. The molecule has 5 rings (SSSR count). The number of amides is 1. The zero-order valence-corrected chi connectivity index (χ0v) is 21.7. The van der Waals surface area contributed by atoms with Gasteiger partial charge in [-0.05, 0) is 55.0 Å². The van der Waals surface area contributed by atoms with Crippen molar-refractivity contribution >= 4 is 5.91 Å². The van der Waals surface area contributed by atoms with Gasteiger partial charge in [0, 0.05) is 76.6 Å². The smallest absolute Gasteiger partial charge is 0.225 e. The average molecular weight is 491 g/mol. The standard InChI is InChI=1S/C30H42N4O2/c35-30(28-8-2-1-3-9-28)34-15-5-7-27(23-34)24-36-29-12-10-25(11-13-29)21-32-16-18-33(19-17-32)22-26-6-4-14-31-20-26/h4,6,10-14,20,27-28H,1-3,5,7-9,15-19,21-24H2/t27-/m1/s1. The summed E-state index contributed by atoms with van der Waals surface area (Å²) in [6, 6.07) is 12.8. The van der Waals surface area contributed by atoms with Gasteiger partial charge in [0.2, 0.25) is 5.91 Å². The molecule has 0 unspecified atom stereocenters. The van der Waals surface area contributed by atoms with Gasteiger partial charge >= 0.3 is 0 Å². The minimum absolute atomic E-state index is 0.273. The summed E-state index contributed by atoms with van der Waals surface area (Å²) >= 11 is 0. The number of pyridine rings is 1. The van der Waals surface area contributed by atoms with Gasteiger partial charge < -0.3 is 9.64 Å². The normalized spacial score (nSPS) is 22.4. The van der Waals surface area contributed by atoms with E-state index >= 15 is 0 Å². The van der Waals surface area contributed by atoms with Crippen LogP contribution in [0.2, 0.25) is 0 Å². The summed E-state index contributed by atoms with van der Waals surface area (Å²) < 4.78 is 6.17. The Morgan fingerprint density at radius 1 is 0.833 bits per heavy atom. The van der Waals surface area contributed by atoms with E-state index in [4.69, 9.17) is 4.74 Å². The van der Waals surface area contributed by atoms with E-state index in [1.807, 2.05) is 18.5 Å². The maximum Gasteiger partial charge on any atom is 0.225 e. The molecule has 2 aromatic rings. The first-order valence-corrected chi connectivity index (χ1v) is 14.1. The van der Waals surface area contributed by atoms with Gasteiger partial charge in [-0.15, -0.1) is 0 Å². The quantitative estimate of drug-likeness (QED) is 0.541. The number of hydrogen-bond acceptors (Lipinski definition) is 5. The number of benzene rings is 1. The number of carbonyl (C=O) groups excluding carboxylic acids is 1. The first kappa shape index (κ1) is 25.2. The Hall–Kier alpha value is -2.44. The Morgan fingerprint density at radius 2 is 1.56 bits per heavy atom. The lowest BCUT2D eigenvalue weighted by Gasteiger charge is -2.35. The highest BCUT2D eigenvalue weighted by Gasteiger charge is 2.30. The van der Waals surface area contributed by atoms with E-state index < -0.39 is 0 Å². The van der Waals surface area contributed by atoms with Crippen molar-refractivity contribution in [3.63, 3.8) is 0 Å². The second-order valence-corrected chi connectivity index (χ2v) is 11.0. The third kappa shape index (κ3) is 7.07. The maximum absolute atomic E-state index is 13.0. The summed E-state index contributed by atoms with van der Waals surface area (Å²) in [5.41, 5.74) is 2.63. The summed E-state index contributed by atoms with van der Waals surface area (Å²) in [4.78, 5) is 24.4. The maximum atomic E-state index is 13.0. The molecule has 0 N–H and O–H groups in total. The SMILES string of the molecule is O=C(C1CCCCC1)N1CCC[C@@H](COc2ccc(CN3CCN(Cc4cccnc4)CC3)cc2)C1. The summed E-state index contributed by atoms with van der Waals surface area (Å²) in [6.45, 7) is 8.84. The molecule has 36 heavy (non-hydrogen) atoms. The Bertz CT molecular complexity index is 937. The van der Waals surface area contributed by atoms with E-state index in [1.54, 1.807) is 0 Å². The number of carbonyl (C=O) groups is 1. The highest BCUT2D eigenvalue weighted by molar-refractivity contribution is 5.79. The summed E-state index contributed by atoms with van der Waals surface area (Å²) in [5.74, 6) is 2.06. The molecule has 1 aromatic heterocycles. The molecule has 1 amide bonds. The molecule has 6 heteroatoms. The fourth-order valence-electron chi connectivity index (χ4n) is 6.03. The molecule has 3 aliphatic rings. The third-order valence-electron chi connectivity index (χ3n) is 8.19. The lowest BCUT2D eigenvalue weighted by Crippen LogP contribution is -2.45. The zero-order chi connectivity index (χ0) is 24.6. The molecule has 3 heterocycles. The van der Waals surface area contributed by atoms with E-state index in [0.29, 0.717) is 18.4 Å². The molecule has 0 bridgehead atoms. The van der Waals surface area contributed by atoms with Crippen molar-refractivity contribution in [2.45, 2.75) is 58.0 Å². The van der Waals surface area contributed by atoms with Crippen LogP contribution < -0.4 is 4.74 Å². The van der Waals surface area contributed by atoms with Crippen molar-refractivity contribution in [1.29, 1.82) is 0 Å². The molecular weight excluding hydrogens is 448 g/mol. The molecule has 1 atom stereocenters. The van der Waals surface area contributed by atoms with E-state index in [1.165, 1.54) is 30.4 Å². The molecule has 1 aromatic carbocycles. The molecule has 1 saturated carbocycles. The number of piperidine rings is 1. The van der Waals surface area contributed by atoms with E-state index in [2.05, 4.69) is 50.0 Å². The summed E-state index contributed by atoms with van der Waals surface area (Å²) in [7, 11) is 0. The Kier molecular flexibility index (Phi) is 8.89. The number of nitrogens with zero attached hydrogens (tertiary/aromatic N) is 4. The molecule has 194 valence electrons. The van der Waals surface area contributed by atoms with Gasteiger partial charge in [-0.3, -0.25) is 19.6 Å². The molecule has 0 radical (unpaired) electrons. The first-order valence-electron chi connectivity index (χ1n) is 14.1. The Morgan fingerprint density at radius 3 is 2.25 bits per heavy atom. The second kappa shape index (κ2) is 12.7. The molecule has 2 saturated heterocycles. The Balaban J connectivity index is 1.02. The van der Waals surface area contributed by atoms with Crippen LogP contribution >= 0.6 is 0 Å². The zero-order valence-electron chi connectivity index (χ0n) is 21.7. The van der Waals surface area contributed by atoms with Gasteiger partial charge in [0.05, 0.1) is 6.61 Å².